The van der Waals surface area contributed by atoms with E-state index in [9.17, 15) is 9.59 Å². The molecule has 0 aliphatic carbocycles. The monoisotopic (exact) mass is 259 g/mol. The molecule has 106 valence electrons. The molecule has 0 aliphatic rings. The predicted octanol–water partition coefficient (Wildman–Crippen LogP) is 1.60. The molecular weight excluding hydrogens is 234 g/mol. The van der Waals surface area contributed by atoms with E-state index in [1.54, 1.807) is 6.92 Å². The molecule has 0 spiro atoms. The van der Waals surface area contributed by atoms with Crippen molar-refractivity contribution in [3.05, 3.63) is 0 Å². The smallest absolute Gasteiger partial charge is 0.325 e. The summed E-state index contributed by atoms with van der Waals surface area (Å²) < 4.78 is 10.1. The molecule has 0 aromatic heterocycles. The van der Waals surface area contributed by atoms with Crippen molar-refractivity contribution in [1.82, 2.24) is 4.90 Å². The van der Waals surface area contributed by atoms with Gasteiger partial charge in [-0.05, 0) is 19.8 Å². The second kappa shape index (κ2) is 11.0. The molecule has 0 saturated heterocycles. The molecule has 18 heavy (non-hydrogen) atoms. The molecular formula is C13H25NO4. The lowest BCUT2D eigenvalue weighted by atomic mass is 10.3. The maximum Gasteiger partial charge on any atom is 0.325 e. The maximum absolute atomic E-state index is 11.9. The van der Waals surface area contributed by atoms with Crippen LogP contribution in [0.25, 0.3) is 0 Å². The number of ether oxygens (including phenoxy) is 2. The molecule has 0 unspecified atom stereocenters. The molecule has 0 aromatic carbocycles. The highest BCUT2D eigenvalue weighted by Gasteiger charge is 2.16. The third kappa shape index (κ3) is 8.06. The molecule has 0 rings (SSSR count). The summed E-state index contributed by atoms with van der Waals surface area (Å²) in [4.78, 5) is 24.8. The Morgan fingerprint density at radius 2 is 1.78 bits per heavy atom. The van der Waals surface area contributed by atoms with Crippen LogP contribution >= 0.6 is 0 Å². The van der Waals surface area contributed by atoms with E-state index in [1.165, 1.54) is 4.90 Å². The normalized spacial score (nSPS) is 10.2. The number of rotatable bonds is 10. The van der Waals surface area contributed by atoms with Gasteiger partial charge in [0.2, 0.25) is 5.91 Å². The number of carbonyl (C=O) groups excluding carboxylic acids is 2. The summed E-state index contributed by atoms with van der Waals surface area (Å²) in [5, 5.41) is 0. The van der Waals surface area contributed by atoms with Gasteiger partial charge < -0.3 is 14.4 Å². The summed E-state index contributed by atoms with van der Waals surface area (Å²) in [6.07, 6.45) is 2.08. The van der Waals surface area contributed by atoms with Crippen molar-refractivity contribution in [1.29, 1.82) is 0 Å². The number of hydrogen-bond donors (Lipinski definition) is 0. The van der Waals surface area contributed by atoms with Gasteiger partial charge in [0.15, 0.2) is 0 Å². The summed E-state index contributed by atoms with van der Waals surface area (Å²) in [6.45, 7) is 7.77. The average Bonchev–Trinajstić information content (AvgIpc) is 2.34. The molecule has 1 amide bonds. The van der Waals surface area contributed by atoms with Gasteiger partial charge in [-0.2, -0.15) is 0 Å². The molecule has 5 nitrogen and oxygen atoms in total. The van der Waals surface area contributed by atoms with Crippen LogP contribution in [-0.2, 0) is 19.1 Å². The molecule has 0 aromatic rings. The number of carbonyl (C=O) groups is 2. The Labute approximate surface area is 109 Å². The lowest BCUT2D eigenvalue weighted by Crippen LogP contribution is -2.37. The SMILES string of the molecule is CCCOCCC(=O)N(CCC)CC(=O)OCC. The van der Waals surface area contributed by atoms with Gasteiger partial charge in [0.1, 0.15) is 6.54 Å². The van der Waals surface area contributed by atoms with Gasteiger partial charge in [-0.1, -0.05) is 13.8 Å². The highest BCUT2D eigenvalue weighted by atomic mass is 16.5. The van der Waals surface area contributed by atoms with E-state index in [1.807, 2.05) is 13.8 Å². The van der Waals surface area contributed by atoms with E-state index in [0.717, 1.165) is 12.8 Å². The number of hydrogen-bond acceptors (Lipinski definition) is 4. The van der Waals surface area contributed by atoms with Crippen molar-refractivity contribution in [3.63, 3.8) is 0 Å². The fraction of sp³-hybridized carbons (Fsp3) is 0.846. The Balaban J connectivity index is 4.05. The van der Waals surface area contributed by atoms with Crippen LogP contribution in [0.2, 0.25) is 0 Å². The lowest BCUT2D eigenvalue weighted by Gasteiger charge is -2.21. The summed E-state index contributed by atoms with van der Waals surface area (Å²) in [7, 11) is 0. The Morgan fingerprint density at radius 1 is 1.06 bits per heavy atom. The summed E-state index contributed by atoms with van der Waals surface area (Å²) in [5.74, 6) is -0.408. The first kappa shape index (κ1) is 16.9. The number of esters is 1. The Hall–Kier alpha value is -1.10. The quantitative estimate of drug-likeness (QED) is 0.442. The van der Waals surface area contributed by atoms with Crippen molar-refractivity contribution < 1.29 is 19.1 Å². The van der Waals surface area contributed by atoms with Crippen LogP contribution in [0, 0.1) is 0 Å². The second-order valence-corrected chi connectivity index (χ2v) is 3.98. The van der Waals surface area contributed by atoms with Crippen LogP contribution in [0.3, 0.4) is 0 Å². The van der Waals surface area contributed by atoms with Crippen LogP contribution < -0.4 is 0 Å². The maximum atomic E-state index is 11.9. The van der Waals surface area contributed by atoms with Crippen molar-refractivity contribution in [3.8, 4) is 0 Å². The van der Waals surface area contributed by atoms with Gasteiger partial charge in [-0.3, -0.25) is 9.59 Å². The molecule has 0 heterocycles. The zero-order valence-corrected chi connectivity index (χ0v) is 11.7. The molecule has 0 saturated carbocycles. The van der Waals surface area contributed by atoms with Gasteiger partial charge in [0.05, 0.1) is 19.6 Å². The van der Waals surface area contributed by atoms with E-state index >= 15 is 0 Å². The van der Waals surface area contributed by atoms with E-state index in [2.05, 4.69) is 0 Å². The van der Waals surface area contributed by atoms with Crippen LogP contribution in [-0.4, -0.2) is 49.7 Å². The van der Waals surface area contributed by atoms with Crippen molar-refractivity contribution >= 4 is 11.9 Å². The highest BCUT2D eigenvalue weighted by molar-refractivity contribution is 5.82. The minimum absolute atomic E-state index is 0.0360. The molecule has 0 bridgehead atoms. The summed E-state index contributed by atoms with van der Waals surface area (Å²) in [5.41, 5.74) is 0. The largest absolute Gasteiger partial charge is 0.465 e. The Kier molecular flexibility index (Phi) is 10.3. The molecule has 0 atom stereocenters. The third-order valence-electron chi connectivity index (χ3n) is 2.28. The minimum Gasteiger partial charge on any atom is -0.465 e. The zero-order chi connectivity index (χ0) is 13.8. The number of nitrogens with zero attached hydrogens (tertiary/aromatic N) is 1. The van der Waals surface area contributed by atoms with E-state index in [4.69, 9.17) is 9.47 Å². The fourth-order valence-electron chi connectivity index (χ4n) is 1.49. The second-order valence-electron chi connectivity index (χ2n) is 3.98. The average molecular weight is 259 g/mol. The van der Waals surface area contributed by atoms with Gasteiger partial charge in [0, 0.05) is 13.2 Å². The van der Waals surface area contributed by atoms with E-state index < -0.39 is 0 Å². The summed E-state index contributed by atoms with van der Waals surface area (Å²) >= 11 is 0. The molecule has 5 heteroatoms. The van der Waals surface area contributed by atoms with Crippen molar-refractivity contribution in [2.75, 3.05) is 32.9 Å². The predicted molar refractivity (Wildman–Crippen MR) is 69.2 cm³/mol. The Bertz CT molecular complexity index is 243. The van der Waals surface area contributed by atoms with Crippen LogP contribution in [0.5, 0.6) is 0 Å². The number of amides is 1. The first-order valence-corrected chi connectivity index (χ1v) is 6.66. The van der Waals surface area contributed by atoms with Crippen LogP contribution in [0.15, 0.2) is 0 Å². The minimum atomic E-state index is -0.353. The third-order valence-corrected chi connectivity index (χ3v) is 2.28. The lowest BCUT2D eigenvalue weighted by molar-refractivity contribution is -0.149. The molecule has 0 fully saturated rings. The van der Waals surface area contributed by atoms with Gasteiger partial charge >= 0.3 is 5.97 Å². The van der Waals surface area contributed by atoms with E-state index in [0.29, 0.717) is 32.8 Å². The van der Waals surface area contributed by atoms with Crippen molar-refractivity contribution in [2.45, 2.75) is 40.0 Å². The molecule has 0 N–H and O–H groups in total. The first-order chi connectivity index (χ1) is 8.65. The van der Waals surface area contributed by atoms with Crippen molar-refractivity contribution in [2.24, 2.45) is 0 Å². The van der Waals surface area contributed by atoms with E-state index in [-0.39, 0.29) is 18.4 Å². The molecule has 0 aliphatic heterocycles. The molecule has 0 radical (unpaired) electrons. The van der Waals surface area contributed by atoms with Crippen LogP contribution in [0.4, 0.5) is 0 Å². The van der Waals surface area contributed by atoms with Gasteiger partial charge in [-0.15, -0.1) is 0 Å². The van der Waals surface area contributed by atoms with Gasteiger partial charge in [0.25, 0.3) is 0 Å². The van der Waals surface area contributed by atoms with Crippen LogP contribution in [0.1, 0.15) is 40.0 Å². The zero-order valence-electron chi connectivity index (χ0n) is 11.7. The highest BCUT2D eigenvalue weighted by Crippen LogP contribution is 1.99. The topological polar surface area (TPSA) is 55.8 Å². The first-order valence-electron chi connectivity index (χ1n) is 6.66. The standard InChI is InChI=1S/C13H25NO4/c1-4-8-14(11-13(16)18-6-3)12(15)7-10-17-9-5-2/h4-11H2,1-3H3. The van der Waals surface area contributed by atoms with Gasteiger partial charge in [-0.25, -0.2) is 0 Å². The Morgan fingerprint density at radius 3 is 2.33 bits per heavy atom. The summed E-state index contributed by atoms with van der Waals surface area (Å²) in [6, 6.07) is 0. The fourth-order valence-corrected chi connectivity index (χ4v) is 1.49.